The molecule has 6 heteroatoms. The van der Waals surface area contributed by atoms with E-state index < -0.39 is 0 Å². The van der Waals surface area contributed by atoms with Crippen LogP contribution in [0.3, 0.4) is 0 Å². The van der Waals surface area contributed by atoms with Gasteiger partial charge in [0, 0.05) is 12.6 Å². The van der Waals surface area contributed by atoms with Crippen molar-refractivity contribution < 1.29 is 5.11 Å². The molecule has 2 aromatic rings. The van der Waals surface area contributed by atoms with Crippen LogP contribution in [-0.2, 0) is 0 Å². The minimum absolute atomic E-state index is 0.148. The van der Waals surface area contributed by atoms with E-state index in [4.69, 9.17) is 11.6 Å². The summed E-state index contributed by atoms with van der Waals surface area (Å²) in [7, 11) is 0. The van der Waals surface area contributed by atoms with Gasteiger partial charge in [-0.1, -0.05) is 37.6 Å². The van der Waals surface area contributed by atoms with E-state index in [9.17, 15) is 5.11 Å². The Labute approximate surface area is 160 Å². The fourth-order valence-corrected chi connectivity index (χ4v) is 3.65. The quantitative estimate of drug-likeness (QED) is 0.771. The van der Waals surface area contributed by atoms with E-state index in [0.717, 1.165) is 37.9 Å². The lowest BCUT2D eigenvalue weighted by Crippen LogP contribution is -2.41. The molecule has 1 aliphatic carbocycles. The molecule has 1 aliphatic rings. The molecule has 0 saturated heterocycles. The van der Waals surface area contributed by atoms with Gasteiger partial charge in [0.1, 0.15) is 11.0 Å². The zero-order valence-corrected chi connectivity index (χ0v) is 16.2. The van der Waals surface area contributed by atoms with Gasteiger partial charge >= 0.3 is 0 Å². The van der Waals surface area contributed by atoms with E-state index in [1.165, 1.54) is 5.69 Å². The van der Waals surface area contributed by atoms with Crippen LogP contribution < -0.4 is 10.2 Å². The summed E-state index contributed by atoms with van der Waals surface area (Å²) in [5, 5.41) is 13.6. The van der Waals surface area contributed by atoms with E-state index in [2.05, 4.69) is 52.2 Å². The van der Waals surface area contributed by atoms with Gasteiger partial charge in [0.25, 0.3) is 0 Å². The van der Waals surface area contributed by atoms with E-state index >= 15 is 0 Å². The summed E-state index contributed by atoms with van der Waals surface area (Å²) in [6.45, 7) is 5.46. The molecule has 2 N–H and O–H groups in total. The average Bonchev–Trinajstić information content (AvgIpc) is 2.63. The predicted molar refractivity (Wildman–Crippen MR) is 107 cm³/mol. The molecule has 1 aromatic carbocycles. The number of halogens is 1. The van der Waals surface area contributed by atoms with Crippen LogP contribution in [0.4, 0.5) is 17.2 Å². The van der Waals surface area contributed by atoms with Crippen molar-refractivity contribution in [3.05, 3.63) is 41.8 Å². The summed E-state index contributed by atoms with van der Waals surface area (Å²) in [6, 6.07) is 8.75. The van der Waals surface area contributed by atoms with Gasteiger partial charge in [0.2, 0.25) is 0 Å². The zero-order valence-electron chi connectivity index (χ0n) is 15.4. The summed E-state index contributed by atoms with van der Waals surface area (Å²) in [5.41, 5.74) is 2.18. The molecule has 1 heterocycles. The standard InChI is InChI=1S/C20H27ClN4O/c1-14(2)13-25(15-7-9-16(26)10-8-15)18-6-4-3-5-17(18)24-20-12-22-19(21)11-23-20/h3-6,11-12,14-16,26H,7-10,13H2,1-2H3,(H,23,24). The van der Waals surface area contributed by atoms with Crippen LogP contribution in [-0.4, -0.2) is 33.8 Å². The highest BCUT2D eigenvalue weighted by Crippen LogP contribution is 2.34. The van der Waals surface area contributed by atoms with Crippen molar-refractivity contribution in [2.45, 2.75) is 51.7 Å². The summed E-state index contributed by atoms with van der Waals surface area (Å²) < 4.78 is 0. The smallest absolute Gasteiger partial charge is 0.149 e. The summed E-state index contributed by atoms with van der Waals surface area (Å²) in [5.74, 6) is 1.22. The zero-order chi connectivity index (χ0) is 18.5. The summed E-state index contributed by atoms with van der Waals surface area (Å²) in [4.78, 5) is 10.9. The summed E-state index contributed by atoms with van der Waals surface area (Å²) in [6.07, 6.45) is 6.81. The minimum atomic E-state index is -0.148. The Bertz CT molecular complexity index is 699. The lowest BCUT2D eigenvalue weighted by Gasteiger charge is -2.39. The molecular formula is C20H27ClN4O. The second-order valence-corrected chi connectivity index (χ2v) is 7.76. The van der Waals surface area contributed by atoms with E-state index in [0.29, 0.717) is 22.9 Å². The molecule has 0 bridgehead atoms. The van der Waals surface area contributed by atoms with E-state index in [1.807, 2.05) is 6.07 Å². The second kappa shape index (κ2) is 8.69. The molecule has 0 aliphatic heterocycles. The lowest BCUT2D eigenvalue weighted by atomic mass is 9.91. The van der Waals surface area contributed by atoms with E-state index in [1.54, 1.807) is 12.4 Å². The number of hydrogen-bond donors (Lipinski definition) is 2. The van der Waals surface area contributed by atoms with Gasteiger partial charge in [-0.3, -0.25) is 0 Å². The maximum Gasteiger partial charge on any atom is 0.149 e. The molecule has 0 amide bonds. The van der Waals surface area contributed by atoms with Gasteiger partial charge in [0.15, 0.2) is 0 Å². The fraction of sp³-hybridized carbons (Fsp3) is 0.500. The van der Waals surface area contributed by atoms with Gasteiger partial charge in [-0.2, -0.15) is 0 Å². The summed E-state index contributed by atoms with van der Waals surface area (Å²) >= 11 is 5.84. The third-order valence-electron chi connectivity index (χ3n) is 4.77. The number of nitrogens with zero attached hydrogens (tertiary/aromatic N) is 3. The van der Waals surface area contributed by atoms with Crippen LogP contribution >= 0.6 is 11.6 Å². The van der Waals surface area contributed by atoms with Crippen molar-refractivity contribution in [1.82, 2.24) is 9.97 Å². The Morgan fingerprint density at radius 3 is 2.54 bits per heavy atom. The van der Waals surface area contributed by atoms with Crippen LogP contribution in [0.1, 0.15) is 39.5 Å². The van der Waals surface area contributed by atoms with Gasteiger partial charge in [-0.25, -0.2) is 9.97 Å². The number of anilines is 3. The Morgan fingerprint density at radius 2 is 1.88 bits per heavy atom. The molecule has 0 spiro atoms. The maximum absolute atomic E-state index is 9.88. The number of rotatable bonds is 6. The Hall–Kier alpha value is -1.85. The first-order valence-corrected chi connectivity index (χ1v) is 9.69. The molecule has 0 radical (unpaired) electrons. The molecule has 26 heavy (non-hydrogen) atoms. The van der Waals surface area contributed by atoms with Crippen molar-refractivity contribution in [3.8, 4) is 0 Å². The first-order chi connectivity index (χ1) is 12.5. The highest BCUT2D eigenvalue weighted by atomic mass is 35.5. The average molecular weight is 375 g/mol. The number of para-hydroxylation sites is 2. The molecule has 5 nitrogen and oxygen atoms in total. The van der Waals surface area contributed by atoms with Crippen LogP contribution in [0.15, 0.2) is 36.7 Å². The Morgan fingerprint density at radius 1 is 1.15 bits per heavy atom. The first-order valence-electron chi connectivity index (χ1n) is 9.31. The number of aliphatic hydroxyl groups is 1. The third kappa shape index (κ3) is 4.86. The SMILES string of the molecule is CC(C)CN(c1ccccc1Nc1cnc(Cl)cn1)C1CCC(O)CC1. The van der Waals surface area contributed by atoms with Crippen LogP contribution in [0, 0.1) is 5.92 Å². The van der Waals surface area contributed by atoms with Crippen molar-refractivity contribution in [1.29, 1.82) is 0 Å². The second-order valence-electron chi connectivity index (χ2n) is 7.38. The topological polar surface area (TPSA) is 61.3 Å². The van der Waals surface area contributed by atoms with Gasteiger partial charge in [0.05, 0.1) is 29.9 Å². The molecular weight excluding hydrogens is 348 g/mol. The van der Waals surface area contributed by atoms with E-state index in [-0.39, 0.29) is 6.10 Å². The predicted octanol–water partition coefficient (Wildman–Crippen LogP) is 4.64. The first kappa shape index (κ1) is 18.9. The largest absolute Gasteiger partial charge is 0.393 e. The molecule has 3 rings (SSSR count). The molecule has 1 saturated carbocycles. The molecule has 0 unspecified atom stereocenters. The number of nitrogens with one attached hydrogen (secondary N) is 1. The molecule has 140 valence electrons. The monoisotopic (exact) mass is 374 g/mol. The van der Waals surface area contributed by atoms with Crippen LogP contribution in [0.5, 0.6) is 0 Å². The number of benzene rings is 1. The van der Waals surface area contributed by atoms with Crippen LogP contribution in [0.25, 0.3) is 0 Å². The molecule has 1 aromatic heterocycles. The highest BCUT2D eigenvalue weighted by Gasteiger charge is 2.27. The van der Waals surface area contributed by atoms with Crippen molar-refractivity contribution in [2.24, 2.45) is 5.92 Å². The van der Waals surface area contributed by atoms with Crippen molar-refractivity contribution >= 4 is 28.8 Å². The van der Waals surface area contributed by atoms with Gasteiger partial charge in [-0.05, 0) is 43.7 Å². The number of aliphatic hydroxyl groups excluding tert-OH is 1. The van der Waals surface area contributed by atoms with Crippen molar-refractivity contribution in [2.75, 3.05) is 16.8 Å². The maximum atomic E-state index is 9.88. The number of hydrogen-bond acceptors (Lipinski definition) is 5. The highest BCUT2D eigenvalue weighted by molar-refractivity contribution is 6.29. The Kier molecular flexibility index (Phi) is 6.33. The third-order valence-corrected chi connectivity index (χ3v) is 4.96. The van der Waals surface area contributed by atoms with Crippen molar-refractivity contribution in [3.63, 3.8) is 0 Å². The Balaban J connectivity index is 1.87. The minimum Gasteiger partial charge on any atom is -0.393 e. The fourth-order valence-electron chi connectivity index (χ4n) is 3.55. The molecule has 0 atom stereocenters. The van der Waals surface area contributed by atoms with Crippen LogP contribution in [0.2, 0.25) is 5.15 Å². The van der Waals surface area contributed by atoms with Gasteiger partial charge in [-0.15, -0.1) is 0 Å². The molecule has 1 fully saturated rings. The lowest BCUT2D eigenvalue weighted by molar-refractivity contribution is 0.121. The normalized spacial score (nSPS) is 20.2. The van der Waals surface area contributed by atoms with Gasteiger partial charge < -0.3 is 15.3 Å². The number of aromatic nitrogens is 2.